The molecule has 1 aromatic carbocycles. The fourth-order valence-electron chi connectivity index (χ4n) is 3.07. The van der Waals surface area contributed by atoms with E-state index in [4.69, 9.17) is 0 Å². The van der Waals surface area contributed by atoms with Crippen molar-refractivity contribution in [3.05, 3.63) is 52.8 Å². The molecule has 0 radical (unpaired) electrons. The smallest absolute Gasteiger partial charge is 0.243 e. The van der Waals surface area contributed by atoms with Crippen molar-refractivity contribution in [3.8, 4) is 0 Å². The molecule has 160 valence electrons. The quantitative estimate of drug-likeness (QED) is 0.543. The van der Waals surface area contributed by atoms with E-state index in [9.17, 15) is 13.2 Å². The van der Waals surface area contributed by atoms with E-state index in [-0.39, 0.29) is 29.3 Å². The Bertz CT molecular complexity index is 921. The van der Waals surface area contributed by atoms with E-state index in [0.29, 0.717) is 13.1 Å². The number of nitrogens with zero attached hydrogens (tertiary/aromatic N) is 3. The molecule has 8 heteroatoms. The normalized spacial score (nSPS) is 12.2. The zero-order valence-corrected chi connectivity index (χ0v) is 20.1. The van der Waals surface area contributed by atoms with Gasteiger partial charge in [0.15, 0.2) is 0 Å². The van der Waals surface area contributed by atoms with Gasteiger partial charge in [-0.25, -0.2) is 8.42 Å². The van der Waals surface area contributed by atoms with Gasteiger partial charge < -0.3 is 9.47 Å². The maximum atomic E-state index is 13.2. The van der Waals surface area contributed by atoms with E-state index in [1.54, 1.807) is 43.0 Å². The van der Waals surface area contributed by atoms with Crippen molar-refractivity contribution in [2.75, 3.05) is 13.1 Å². The number of sulfonamides is 1. The number of aryl methyl sites for hydroxylation is 1. The molecule has 0 fully saturated rings. The van der Waals surface area contributed by atoms with Crippen LogP contribution in [0.1, 0.15) is 33.4 Å². The summed E-state index contributed by atoms with van der Waals surface area (Å²) in [4.78, 5) is 15.1. The minimum atomic E-state index is -3.78. The minimum Gasteiger partial charge on any atom is -0.353 e. The summed E-state index contributed by atoms with van der Waals surface area (Å²) in [5, 5.41) is 0. The number of amides is 1. The van der Waals surface area contributed by atoms with E-state index in [1.807, 2.05) is 43.8 Å². The Balaban J connectivity index is 2.27. The molecular formula is C21H30BrN3O3S. The van der Waals surface area contributed by atoms with E-state index in [1.165, 1.54) is 4.31 Å². The van der Waals surface area contributed by atoms with Crippen LogP contribution in [0.15, 0.2) is 52.0 Å². The number of rotatable bonds is 9. The summed E-state index contributed by atoms with van der Waals surface area (Å²) >= 11 is 3.32. The molecule has 0 saturated heterocycles. The number of carbonyl (C=O) groups is 1. The highest BCUT2D eigenvalue weighted by molar-refractivity contribution is 9.10. The van der Waals surface area contributed by atoms with Gasteiger partial charge in [-0.15, -0.1) is 0 Å². The number of benzene rings is 1. The first-order chi connectivity index (χ1) is 13.5. The molecule has 2 aromatic rings. The van der Waals surface area contributed by atoms with Gasteiger partial charge in [0.25, 0.3) is 0 Å². The van der Waals surface area contributed by atoms with Crippen LogP contribution in [0, 0.1) is 5.92 Å². The standard InChI is InChI=1S/C21H30BrN3O3S/c1-16(2)13-24(14-19-7-6-12-23(19)5)21(26)15-25(17(3)4)29(27,28)20-10-8-18(22)9-11-20/h6-12,16-17H,13-15H2,1-5H3. The average molecular weight is 484 g/mol. The van der Waals surface area contributed by atoms with Crippen LogP contribution in [0.4, 0.5) is 0 Å². The molecule has 0 atom stereocenters. The van der Waals surface area contributed by atoms with Gasteiger partial charge in [0, 0.05) is 36.0 Å². The van der Waals surface area contributed by atoms with Gasteiger partial charge in [-0.1, -0.05) is 29.8 Å². The van der Waals surface area contributed by atoms with Crippen LogP contribution >= 0.6 is 15.9 Å². The number of halogens is 1. The van der Waals surface area contributed by atoms with Gasteiger partial charge in [-0.3, -0.25) is 4.79 Å². The summed E-state index contributed by atoms with van der Waals surface area (Å²) in [5.74, 6) is 0.0732. The lowest BCUT2D eigenvalue weighted by Crippen LogP contribution is -2.46. The van der Waals surface area contributed by atoms with Crippen molar-refractivity contribution in [2.45, 2.75) is 45.2 Å². The van der Waals surface area contributed by atoms with Gasteiger partial charge in [-0.05, 0) is 56.2 Å². The van der Waals surface area contributed by atoms with E-state index in [0.717, 1.165) is 10.2 Å². The first-order valence-electron chi connectivity index (χ1n) is 9.67. The van der Waals surface area contributed by atoms with Crippen molar-refractivity contribution >= 4 is 31.9 Å². The highest BCUT2D eigenvalue weighted by atomic mass is 79.9. The Labute approximate surface area is 182 Å². The maximum Gasteiger partial charge on any atom is 0.243 e. The molecule has 2 rings (SSSR count). The summed E-state index contributed by atoms with van der Waals surface area (Å²) in [6, 6.07) is 10.0. The molecule has 0 aliphatic heterocycles. The number of hydrogen-bond donors (Lipinski definition) is 0. The molecule has 0 aliphatic rings. The topological polar surface area (TPSA) is 62.6 Å². The van der Waals surface area contributed by atoms with Crippen LogP contribution in [0.3, 0.4) is 0 Å². The minimum absolute atomic E-state index is 0.181. The second-order valence-electron chi connectivity index (χ2n) is 7.88. The first-order valence-corrected chi connectivity index (χ1v) is 11.9. The molecule has 0 bridgehead atoms. The third kappa shape index (κ3) is 6.17. The Kier molecular flexibility index (Phi) is 8.08. The predicted octanol–water partition coefficient (Wildman–Crippen LogP) is 3.87. The lowest BCUT2D eigenvalue weighted by atomic mass is 10.2. The third-order valence-corrected chi connectivity index (χ3v) is 7.19. The second-order valence-corrected chi connectivity index (χ2v) is 10.7. The monoisotopic (exact) mass is 483 g/mol. The molecular weight excluding hydrogens is 454 g/mol. The van der Waals surface area contributed by atoms with Crippen LogP contribution in [0.2, 0.25) is 0 Å². The second kappa shape index (κ2) is 9.91. The predicted molar refractivity (Wildman–Crippen MR) is 119 cm³/mol. The molecule has 0 spiro atoms. The molecule has 0 aliphatic carbocycles. The molecule has 0 unspecified atom stereocenters. The summed E-state index contributed by atoms with van der Waals surface area (Å²) in [7, 11) is -1.85. The largest absolute Gasteiger partial charge is 0.353 e. The zero-order valence-electron chi connectivity index (χ0n) is 17.7. The molecule has 1 aromatic heterocycles. The van der Waals surface area contributed by atoms with Crippen molar-refractivity contribution in [1.82, 2.24) is 13.8 Å². The van der Waals surface area contributed by atoms with Gasteiger partial charge in [0.05, 0.1) is 18.0 Å². The first kappa shape index (κ1) is 23.6. The fourth-order valence-corrected chi connectivity index (χ4v) is 4.92. The Hall–Kier alpha value is -1.64. The molecule has 0 saturated carbocycles. The van der Waals surface area contributed by atoms with Gasteiger partial charge >= 0.3 is 0 Å². The lowest BCUT2D eigenvalue weighted by molar-refractivity contribution is -0.132. The van der Waals surface area contributed by atoms with Crippen LogP contribution in [0.5, 0.6) is 0 Å². The highest BCUT2D eigenvalue weighted by Gasteiger charge is 2.31. The lowest BCUT2D eigenvalue weighted by Gasteiger charge is -2.30. The molecule has 1 heterocycles. The van der Waals surface area contributed by atoms with Crippen molar-refractivity contribution < 1.29 is 13.2 Å². The average Bonchev–Trinajstić information content (AvgIpc) is 3.03. The zero-order chi connectivity index (χ0) is 21.8. The fraction of sp³-hybridized carbons (Fsp3) is 0.476. The van der Waals surface area contributed by atoms with Gasteiger partial charge in [0.2, 0.25) is 15.9 Å². The van der Waals surface area contributed by atoms with Crippen molar-refractivity contribution in [2.24, 2.45) is 13.0 Å². The molecule has 29 heavy (non-hydrogen) atoms. The van der Waals surface area contributed by atoms with E-state index in [2.05, 4.69) is 15.9 Å². The molecule has 1 amide bonds. The highest BCUT2D eigenvalue weighted by Crippen LogP contribution is 2.21. The van der Waals surface area contributed by atoms with E-state index < -0.39 is 10.0 Å². The van der Waals surface area contributed by atoms with Gasteiger partial charge in [-0.2, -0.15) is 4.31 Å². The molecule has 6 nitrogen and oxygen atoms in total. The Morgan fingerprint density at radius 2 is 1.72 bits per heavy atom. The number of aromatic nitrogens is 1. The van der Waals surface area contributed by atoms with Crippen LogP contribution in [-0.4, -0.2) is 47.2 Å². The SMILES string of the molecule is CC(C)CN(Cc1cccn1C)C(=O)CN(C(C)C)S(=O)(=O)c1ccc(Br)cc1. The summed E-state index contributed by atoms with van der Waals surface area (Å²) in [5.41, 5.74) is 1.01. The summed E-state index contributed by atoms with van der Waals surface area (Å²) in [6.45, 7) is 8.49. The Morgan fingerprint density at radius 1 is 1.10 bits per heavy atom. The van der Waals surface area contributed by atoms with Gasteiger partial charge in [0.1, 0.15) is 0 Å². The van der Waals surface area contributed by atoms with Crippen molar-refractivity contribution in [1.29, 1.82) is 0 Å². The van der Waals surface area contributed by atoms with E-state index >= 15 is 0 Å². The molecule has 0 N–H and O–H groups in total. The van der Waals surface area contributed by atoms with Crippen molar-refractivity contribution in [3.63, 3.8) is 0 Å². The third-order valence-electron chi connectivity index (χ3n) is 4.63. The van der Waals surface area contributed by atoms with Crippen LogP contribution in [-0.2, 0) is 28.4 Å². The van der Waals surface area contributed by atoms with Crippen LogP contribution in [0.25, 0.3) is 0 Å². The maximum absolute atomic E-state index is 13.2. The Morgan fingerprint density at radius 3 is 2.21 bits per heavy atom. The number of hydrogen-bond acceptors (Lipinski definition) is 3. The summed E-state index contributed by atoms with van der Waals surface area (Å²) in [6.07, 6.45) is 1.94. The number of carbonyl (C=O) groups excluding carboxylic acids is 1. The summed E-state index contributed by atoms with van der Waals surface area (Å²) < 4.78 is 30.4. The van der Waals surface area contributed by atoms with Crippen LogP contribution < -0.4 is 0 Å².